The molecule has 5 nitrogen and oxygen atoms in total. The van der Waals surface area contributed by atoms with Crippen molar-refractivity contribution in [1.29, 1.82) is 0 Å². The normalized spacial score (nSPS) is 9.75. The van der Waals surface area contributed by atoms with Gasteiger partial charge < -0.3 is 9.47 Å². The third-order valence-corrected chi connectivity index (χ3v) is 2.06. The first-order valence-electron chi connectivity index (χ1n) is 4.83. The third-order valence-electron chi connectivity index (χ3n) is 2.06. The zero-order chi connectivity index (χ0) is 12.1. The van der Waals surface area contributed by atoms with Gasteiger partial charge in [0.25, 0.3) is 5.91 Å². The lowest BCUT2D eigenvalue weighted by molar-refractivity contribution is -0.132. The highest BCUT2D eigenvalue weighted by Crippen LogP contribution is 2.27. The minimum atomic E-state index is -0.303. The number of hydrazine groups is 1. The average Bonchev–Trinajstić information content (AvgIpc) is 2.26. The third kappa shape index (κ3) is 3.13. The van der Waals surface area contributed by atoms with Gasteiger partial charge in [-0.3, -0.25) is 9.80 Å². The summed E-state index contributed by atoms with van der Waals surface area (Å²) in [5.41, 5.74) is 1.06. The molecule has 0 spiro atoms. The molecule has 1 aromatic carbocycles. The first kappa shape index (κ1) is 12.3. The predicted octanol–water partition coefficient (Wildman–Crippen LogP) is 0.715. The summed E-state index contributed by atoms with van der Waals surface area (Å²) in [4.78, 5) is 11.2. The van der Waals surface area contributed by atoms with Crippen LogP contribution in [0.2, 0.25) is 0 Å². The summed E-state index contributed by atoms with van der Waals surface area (Å²) >= 11 is 0. The monoisotopic (exact) mass is 224 g/mol. The Bertz CT molecular complexity index is 377. The fraction of sp³-hybridized carbons (Fsp3) is 0.364. The summed E-state index contributed by atoms with van der Waals surface area (Å²) in [6, 6.07) is 5.48. The van der Waals surface area contributed by atoms with Crippen LogP contribution in [-0.4, -0.2) is 31.7 Å². The van der Waals surface area contributed by atoms with Crippen LogP contribution in [0, 0.1) is 6.92 Å². The van der Waals surface area contributed by atoms with Crippen molar-refractivity contribution in [3.05, 3.63) is 23.8 Å². The van der Waals surface area contributed by atoms with E-state index in [-0.39, 0.29) is 12.5 Å². The molecule has 1 amide bonds. The number of carbonyl (C=O) groups is 1. The second kappa shape index (κ2) is 5.37. The van der Waals surface area contributed by atoms with Crippen molar-refractivity contribution < 1.29 is 14.3 Å². The molecule has 16 heavy (non-hydrogen) atoms. The molecule has 0 unspecified atom stereocenters. The van der Waals surface area contributed by atoms with Gasteiger partial charge in [-0.15, -0.1) is 0 Å². The summed E-state index contributed by atoms with van der Waals surface area (Å²) in [6.45, 7) is 1.84. The summed E-state index contributed by atoms with van der Waals surface area (Å²) in [5.74, 6) is 6.10. The maximum Gasteiger partial charge on any atom is 0.274 e. The van der Waals surface area contributed by atoms with Crippen LogP contribution in [0.15, 0.2) is 18.2 Å². The van der Waals surface area contributed by atoms with Crippen molar-refractivity contribution in [2.75, 3.05) is 20.8 Å². The second-order valence-electron chi connectivity index (χ2n) is 3.45. The van der Waals surface area contributed by atoms with Crippen LogP contribution in [-0.2, 0) is 4.79 Å². The number of aryl methyl sites for hydroxylation is 1. The van der Waals surface area contributed by atoms with Gasteiger partial charge in [-0.25, -0.2) is 5.84 Å². The first-order chi connectivity index (χ1) is 7.54. The lowest BCUT2D eigenvalue weighted by atomic mass is 10.2. The zero-order valence-corrected chi connectivity index (χ0v) is 9.69. The molecule has 0 aliphatic carbocycles. The van der Waals surface area contributed by atoms with Gasteiger partial charge in [0.15, 0.2) is 18.1 Å². The maximum atomic E-state index is 11.2. The fourth-order valence-electron chi connectivity index (χ4n) is 1.14. The van der Waals surface area contributed by atoms with Gasteiger partial charge in [0.05, 0.1) is 7.11 Å². The van der Waals surface area contributed by atoms with Gasteiger partial charge >= 0.3 is 0 Å². The number of hydrogen-bond donors (Lipinski definition) is 1. The Hall–Kier alpha value is -1.75. The van der Waals surface area contributed by atoms with Crippen molar-refractivity contribution in [2.45, 2.75) is 6.92 Å². The highest BCUT2D eigenvalue weighted by Gasteiger charge is 2.09. The first-order valence-corrected chi connectivity index (χ1v) is 4.83. The van der Waals surface area contributed by atoms with E-state index in [2.05, 4.69) is 0 Å². The van der Waals surface area contributed by atoms with Gasteiger partial charge in [-0.2, -0.15) is 0 Å². The molecule has 0 atom stereocenters. The molecule has 2 N–H and O–H groups in total. The number of ether oxygens (including phenoxy) is 2. The van der Waals surface area contributed by atoms with E-state index in [1.807, 2.05) is 19.1 Å². The second-order valence-corrected chi connectivity index (χ2v) is 3.45. The van der Waals surface area contributed by atoms with Gasteiger partial charge in [-0.1, -0.05) is 6.07 Å². The quantitative estimate of drug-likeness (QED) is 0.465. The van der Waals surface area contributed by atoms with E-state index >= 15 is 0 Å². The number of nitrogens with zero attached hydrogens (tertiary/aromatic N) is 1. The van der Waals surface area contributed by atoms with Crippen molar-refractivity contribution in [3.8, 4) is 11.5 Å². The van der Waals surface area contributed by atoms with Crippen LogP contribution in [0.5, 0.6) is 11.5 Å². The Morgan fingerprint density at radius 3 is 2.69 bits per heavy atom. The van der Waals surface area contributed by atoms with E-state index in [4.69, 9.17) is 15.3 Å². The van der Waals surface area contributed by atoms with E-state index in [9.17, 15) is 4.79 Å². The number of benzene rings is 1. The van der Waals surface area contributed by atoms with E-state index in [0.29, 0.717) is 11.5 Å². The van der Waals surface area contributed by atoms with Crippen LogP contribution in [0.25, 0.3) is 0 Å². The molecular formula is C11H16N2O3. The van der Waals surface area contributed by atoms with Crippen LogP contribution >= 0.6 is 0 Å². The fourth-order valence-corrected chi connectivity index (χ4v) is 1.14. The lowest BCUT2D eigenvalue weighted by Gasteiger charge is -2.13. The highest BCUT2D eigenvalue weighted by atomic mass is 16.5. The minimum absolute atomic E-state index is 0.105. The SMILES string of the molecule is COc1cc(C)ccc1OCC(=O)N(C)N. The largest absolute Gasteiger partial charge is 0.493 e. The average molecular weight is 224 g/mol. The van der Waals surface area contributed by atoms with E-state index in [0.717, 1.165) is 10.6 Å². The highest BCUT2D eigenvalue weighted by molar-refractivity contribution is 5.76. The van der Waals surface area contributed by atoms with E-state index < -0.39 is 0 Å². The van der Waals surface area contributed by atoms with Crippen LogP contribution in [0.1, 0.15) is 5.56 Å². The van der Waals surface area contributed by atoms with Crippen LogP contribution in [0.3, 0.4) is 0 Å². The Morgan fingerprint density at radius 1 is 1.44 bits per heavy atom. The Balaban J connectivity index is 2.70. The molecule has 0 saturated carbocycles. The smallest absolute Gasteiger partial charge is 0.274 e. The molecule has 88 valence electrons. The standard InChI is InChI=1S/C11H16N2O3/c1-8-4-5-9(10(6-8)15-3)16-7-11(14)13(2)12/h4-6H,7,12H2,1-3H3. The van der Waals surface area contributed by atoms with E-state index in [1.54, 1.807) is 13.2 Å². The van der Waals surface area contributed by atoms with Crippen LogP contribution < -0.4 is 15.3 Å². The number of carbonyl (C=O) groups excluding carboxylic acids is 1. The number of hydrogen-bond acceptors (Lipinski definition) is 4. The van der Waals surface area contributed by atoms with Crippen LogP contribution in [0.4, 0.5) is 0 Å². The number of nitrogens with two attached hydrogens (primary N) is 1. The zero-order valence-electron chi connectivity index (χ0n) is 9.69. The summed E-state index contributed by atoms with van der Waals surface area (Å²) < 4.78 is 10.4. The molecule has 0 aliphatic rings. The predicted molar refractivity (Wildman–Crippen MR) is 60.2 cm³/mol. The molecule has 0 aromatic heterocycles. The van der Waals surface area contributed by atoms with Gasteiger partial charge in [-0.05, 0) is 24.6 Å². The molecule has 0 radical (unpaired) electrons. The molecule has 0 aliphatic heterocycles. The molecule has 1 rings (SSSR count). The Kier molecular flexibility index (Phi) is 4.13. The van der Waals surface area contributed by atoms with Crippen molar-refractivity contribution in [1.82, 2.24) is 5.01 Å². The topological polar surface area (TPSA) is 64.8 Å². The molecule has 0 heterocycles. The summed E-state index contributed by atoms with van der Waals surface area (Å²) in [7, 11) is 3.02. The molecule has 0 fully saturated rings. The van der Waals surface area contributed by atoms with Gasteiger partial charge in [0, 0.05) is 7.05 Å². The Morgan fingerprint density at radius 2 is 2.12 bits per heavy atom. The molecule has 0 bridgehead atoms. The molecule has 0 saturated heterocycles. The van der Waals surface area contributed by atoms with Gasteiger partial charge in [0.1, 0.15) is 0 Å². The number of methoxy groups -OCH3 is 1. The summed E-state index contributed by atoms with van der Waals surface area (Å²) in [6.07, 6.45) is 0. The van der Waals surface area contributed by atoms with Crippen molar-refractivity contribution >= 4 is 5.91 Å². The number of likely N-dealkylation sites (N-methyl/N-ethyl adjacent to an activating group) is 1. The maximum absolute atomic E-state index is 11.2. The van der Waals surface area contributed by atoms with E-state index in [1.165, 1.54) is 7.05 Å². The van der Waals surface area contributed by atoms with Crippen molar-refractivity contribution in [2.24, 2.45) is 5.84 Å². The molecule has 5 heteroatoms. The molecule has 1 aromatic rings. The number of rotatable bonds is 4. The summed E-state index contributed by atoms with van der Waals surface area (Å²) in [5, 5.41) is 0.987. The Labute approximate surface area is 94.7 Å². The van der Waals surface area contributed by atoms with Crippen molar-refractivity contribution in [3.63, 3.8) is 0 Å². The lowest BCUT2D eigenvalue weighted by Crippen LogP contribution is -2.36. The minimum Gasteiger partial charge on any atom is -0.493 e. The molecular weight excluding hydrogens is 208 g/mol. The number of amides is 1. The van der Waals surface area contributed by atoms with Gasteiger partial charge in [0.2, 0.25) is 0 Å².